The van der Waals surface area contributed by atoms with Gasteiger partial charge in [0.15, 0.2) is 0 Å². The Morgan fingerprint density at radius 2 is 2.24 bits per heavy atom. The molecule has 1 aliphatic heterocycles. The summed E-state index contributed by atoms with van der Waals surface area (Å²) in [5, 5.41) is 3.35. The number of amides is 1. The van der Waals surface area contributed by atoms with Gasteiger partial charge in [0.25, 0.3) is 0 Å². The SMILES string of the molecule is NC(=O)C1CCCN(CCNc2cc(C3CC3)ncn2)C1. The molecule has 6 nitrogen and oxygen atoms in total. The molecule has 1 saturated heterocycles. The second kappa shape index (κ2) is 6.39. The normalized spacial score (nSPS) is 23.0. The maximum Gasteiger partial charge on any atom is 0.221 e. The van der Waals surface area contributed by atoms with Gasteiger partial charge in [0, 0.05) is 37.3 Å². The Balaban J connectivity index is 1.45. The predicted octanol–water partition coefficient (Wildman–Crippen LogP) is 0.963. The van der Waals surface area contributed by atoms with Crippen molar-refractivity contribution in [2.45, 2.75) is 31.6 Å². The smallest absolute Gasteiger partial charge is 0.221 e. The van der Waals surface area contributed by atoms with Crippen molar-refractivity contribution in [3.63, 3.8) is 0 Å². The standard InChI is InChI=1S/C15H23N5O/c16-15(21)12-2-1-6-20(9-12)7-5-17-14-8-13(11-3-4-11)18-10-19-14/h8,10-12H,1-7,9H2,(H2,16,21)(H,17,18,19). The van der Waals surface area contributed by atoms with Gasteiger partial charge in [-0.15, -0.1) is 0 Å². The second-order valence-electron chi connectivity index (χ2n) is 6.07. The molecule has 1 amide bonds. The molecule has 1 unspecified atom stereocenters. The number of carbonyl (C=O) groups is 1. The van der Waals surface area contributed by atoms with Gasteiger partial charge in [0.05, 0.1) is 5.92 Å². The first-order chi connectivity index (χ1) is 10.2. The van der Waals surface area contributed by atoms with Gasteiger partial charge in [-0.05, 0) is 32.2 Å². The van der Waals surface area contributed by atoms with E-state index in [1.807, 2.05) is 0 Å². The van der Waals surface area contributed by atoms with E-state index in [1.54, 1.807) is 6.33 Å². The van der Waals surface area contributed by atoms with Crippen LogP contribution in [0.3, 0.4) is 0 Å². The first kappa shape index (κ1) is 14.3. The first-order valence-electron chi connectivity index (χ1n) is 7.80. The number of nitrogens with two attached hydrogens (primary N) is 1. The molecule has 114 valence electrons. The van der Waals surface area contributed by atoms with Crippen LogP contribution in [0.25, 0.3) is 0 Å². The van der Waals surface area contributed by atoms with Crippen molar-refractivity contribution in [2.75, 3.05) is 31.5 Å². The van der Waals surface area contributed by atoms with E-state index < -0.39 is 0 Å². The summed E-state index contributed by atoms with van der Waals surface area (Å²) in [6.45, 7) is 3.57. The Morgan fingerprint density at radius 1 is 1.38 bits per heavy atom. The molecule has 0 radical (unpaired) electrons. The highest BCUT2D eigenvalue weighted by Crippen LogP contribution is 2.39. The third-order valence-electron chi connectivity index (χ3n) is 4.33. The number of rotatable bonds is 6. The molecule has 0 spiro atoms. The minimum absolute atomic E-state index is 0.0132. The molecule has 3 rings (SSSR count). The molecular formula is C15H23N5O. The molecule has 6 heteroatoms. The maximum atomic E-state index is 11.3. The molecule has 1 atom stereocenters. The van der Waals surface area contributed by atoms with Gasteiger partial charge in [0.2, 0.25) is 5.91 Å². The zero-order valence-corrected chi connectivity index (χ0v) is 12.3. The van der Waals surface area contributed by atoms with Crippen LogP contribution in [0, 0.1) is 5.92 Å². The van der Waals surface area contributed by atoms with Crippen LogP contribution < -0.4 is 11.1 Å². The van der Waals surface area contributed by atoms with Crippen LogP contribution in [-0.2, 0) is 4.79 Å². The Hall–Kier alpha value is -1.69. The molecule has 2 heterocycles. The summed E-state index contributed by atoms with van der Waals surface area (Å²) >= 11 is 0. The van der Waals surface area contributed by atoms with E-state index in [9.17, 15) is 4.79 Å². The van der Waals surface area contributed by atoms with E-state index in [0.717, 1.165) is 50.5 Å². The number of primary amides is 1. The third-order valence-corrected chi connectivity index (χ3v) is 4.33. The number of aromatic nitrogens is 2. The van der Waals surface area contributed by atoms with Crippen LogP contribution in [0.15, 0.2) is 12.4 Å². The van der Waals surface area contributed by atoms with Crippen LogP contribution in [0.4, 0.5) is 5.82 Å². The van der Waals surface area contributed by atoms with Crippen molar-refractivity contribution in [3.8, 4) is 0 Å². The fourth-order valence-electron chi connectivity index (χ4n) is 2.90. The molecule has 1 saturated carbocycles. The van der Waals surface area contributed by atoms with Crippen LogP contribution in [0.1, 0.15) is 37.3 Å². The Kier molecular flexibility index (Phi) is 4.34. The zero-order valence-electron chi connectivity index (χ0n) is 12.3. The summed E-state index contributed by atoms with van der Waals surface area (Å²) in [6, 6.07) is 2.06. The van der Waals surface area contributed by atoms with Gasteiger partial charge < -0.3 is 16.0 Å². The highest BCUT2D eigenvalue weighted by Gasteiger charge is 2.25. The van der Waals surface area contributed by atoms with Crippen LogP contribution in [0.2, 0.25) is 0 Å². The Morgan fingerprint density at radius 3 is 3.00 bits per heavy atom. The van der Waals surface area contributed by atoms with E-state index in [4.69, 9.17) is 5.73 Å². The van der Waals surface area contributed by atoms with Gasteiger partial charge in [-0.3, -0.25) is 4.79 Å². The van der Waals surface area contributed by atoms with E-state index in [2.05, 4.69) is 26.3 Å². The summed E-state index contributed by atoms with van der Waals surface area (Å²) in [5.74, 6) is 1.39. The summed E-state index contributed by atoms with van der Waals surface area (Å²) in [7, 11) is 0. The van der Waals surface area contributed by atoms with Crippen molar-refractivity contribution in [2.24, 2.45) is 11.7 Å². The van der Waals surface area contributed by atoms with Gasteiger partial charge in [-0.1, -0.05) is 0 Å². The van der Waals surface area contributed by atoms with E-state index >= 15 is 0 Å². The number of likely N-dealkylation sites (tertiary alicyclic amines) is 1. The van der Waals surface area contributed by atoms with Gasteiger partial charge in [0.1, 0.15) is 12.1 Å². The quantitative estimate of drug-likeness (QED) is 0.815. The van der Waals surface area contributed by atoms with Crippen molar-refractivity contribution in [1.82, 2.24) is 14.9 Å². The molecular weight excluding hydrogens is 266 g/mol. The molecule has 1 aromatic heterocycles. The lowest BCUT2D eigenvalue weighted by atomic mass is 9.97. The number of hydrogen-bond acceptors (Lipinski definition) is 5. The predicted molar refractivity (Wildman–Crippen MR) is 80.9 cm³/mol. The number of nitrogens with one attached hydrogen (secondary N) is 1. The highest BCUT2D eigenvalue weighted by atomic mass is 16.1. The van der Waals surface area contributed by atoms with E-state index in [-0.39, 0.29) is 11.8 Å². The molecule has 2 aliphatic rings. The van der Waals surface area contributed by atoms with Gasteiger partial charge in [-0.2, -0.15) is 0 Å². The molecule has 0 bridgehead atoms. The molecule has 0 aromatic carbocycles. The molecule has 3 N–H and O–H groups in total. The summed E-state index contributed by atoms with van der Waals surface area (Å²) in [6.07, 6.45) is 6.11. The third kappa shape index (κ3) is 3.91. The average Bonchev–Trinajstić information content (AvgIpc) is 3.33. The van der Waals surface area contributed by atoms with E-state index in [1.165, 1.54) is 12.8 Å². The lowest BCUT2D eigenvalue weighted by Gasteiger charge is -2.31. The van der Waals surface area contributed by atoms with Crippen LogP contribution in [-0.4, -0.2) is 47.0 Å². The largest absolute Gasteiger partial charge is 0.369 e. The fourth-order valence-corrected chi connectivity index (χ4v) is 2.90. The number of hydrogen-bond donors (Lipinski definition) is 2. The summed E-state index contributed by atoms with van der Waals surface area (Å²) < 4.78 is 0. The van der Waals surface area contributed by atoms with Crippen molar-refractivity contribution in [3.05, 3.63) is 18.1 Å². The van der Waals surface area contributed by atoms with Crippen LogP contribution >= 0.6 is 0 Å². The number of anilines is 1. The first-order valence-corrected chi connectivity index (χ1v) is 7.80. The average molecular weight is 289 g/mol. The Bertz CT molecular complexity index is 503. The van der Waals surface area contributed by atoms with Crippen molar-refractivity contribution in [1.29, 1.82) is 0 Å². The molecule has 2 fully saturated rings. The minimum atomic E-state index is -0.169. The second-order valence-corrected chi connectivity index (χ2v) is 6.07. The molecule has 21 heavy (non-hydrogen) atoms. The summed E-state index contributed by atoms with van der Waals surface area (Å²) in [5.41, 5.74) is 6.55. The number of carbonyl (C=O) groups excluding carboxylic acids is 1. The molecule has 1 aromatic rings. The van der Waals surface area contributed by atoms with E-state index in [0.29, 0.717) is 5.92 Å². The number of nitrogens with zero attached hydrogens (tertiary/aromatic N) is 3. The van der Waals surface area contributed by atoms with Crippen molar-refractivity contribution < 1.29 is 4.79 Å². The topological polar surface area (TPSA) is 84.1 Å². The Labute approximate surface area is 125 Å². The van der Waals surface area contributed by atoms with Gasteiger partial charge >= 0.3 is 0 Å². The lowest BCUT2D eigenvalue weighted by molar-refractivity contribution is -0.123. The summed E-state index contributed by atoms with van der Waals surface area (Å²) in [4.78, 5) is 22.1. The lowest BCUT2D eigenvalue weighted by Crippen LogP contribution is -2.42. The maximum absolute atomic E-state index is 11.3. The van der Waals surface area contributed by atoms with Crippen LogP contribution in [0.5, 0.6) is 0 Å². The van der Waals surface area contributed by atoms with Crippen molar-refractivity contribution >= 4 is 11.7 Å². The monoisotopic (exact) mass is 289 g/mol. The zero-order chi connectivity index (χ0) is 14.7. The van der Waals surface area contributed by atoms with Gasteiger partial charge in [-0.25, -0.2) is 9.97 Å². The number of piperidine rings is 1. The highest BCUT2D eigenvalue weighted by molar-refractivity contribution is 5.76. The fraction of sp³-hybridized carbons (Fsp3) is 0.667. The molecule has 1 aliphatic carbocycles. The minimum Gasteiger partial charge on any atom is -0.369 e.